The van der Waals surface area contributed by atoms with Gasteiger partial charge in [0, 0.05) is 30.1 Å². The van der Waals surface area contributed by atoms with Gasteiger partial charge in [0.25, 0.3) is 5.69 Å². The average molecular weight is 334 g/mol. The zero-order valence-electron chi connectivity index (χ0n) is 14.0. The lowest BCUT2D eigenvalue weighted by atomic mass is 10.0. The average Bonchev–Trinajstić information content (AvgIpc) is 2.64. The first-order valence-electron chi connectivity index (χ1n) is 7.91. The van der Waals surface area contributed by atoms with Gasteiger partial charge in [0.2, 0.25) is 0 Å². The summed E-state index contributed by atoms with van der Waals surface area (Å²) in [5.74, 6) is 0. The molecule has 1 unspecified atom stereocenters. The predicted molar refractivity (Wildman–Crippen MR) is 97.3 cm³/mol. The monoisotopic (exact) mass is 334 g/mol. The SMILES string of the molecule is Cc1ccc(NC(C)c2ccc(-c3cncnc3)cc2)c([N+](=O)[O-])c1. The molecule has 0 amide bonds. The summed E-state index contributed by atoms with van der Waals surface area (Å²) in [6, 6.07) is 13.1. The second kappa shape index (κ2) is 7.09. The molecular weight excluding hydrogens is 316 g/mol. The summed E-state index contributed by atoms with van der Waals surface area (Å²) in [6.07, 6.45) is 5.02. The number of benzene rings is 2. The van der Waals surface area contributed by atoms with Crippen molar-refractivity contribution < 1.29 is 4.92 Å². The quantitative estimate of drug-likeness (QED) is 0.547. The maximum atomic E-state index is 11.2. The van der Waals surface area contributed by atoms with Crippen molar-refractivity contribution in [3.05, 3.63) is 82.4 Å². The summed E-state index contributed by atoms with van der Waals surface area (Å²) < 4.78 is 0. The van der Waals surface area contributed by atoms with Crippen molar-refractivity contribution in [2.24, 2.45) is 0 Å². The van der Waals surface area contributed by atoms with Crippen LogP contribution in [0.4, 0.5) is 11.4 Å². The standard InChI is InChI=1S/C19H18N4O2/c1-13-3-8-18(19(9-13)23(24)25)22-14(2)15-4-6-16(7-5-15)17-10-20-12-21-11-17/h3-12,14,22H,1-2H3. The summed E-state index contributed by atoms with van der Waals surface area (Å²) in [7, 11) is 0. The van der Waals surface area contributed by atoms with Gasteiger partial charge < -0.3 is 5.32 Å². The van der Waals surface area contributed by atoms with Crippen molar-refractivity contribution in [2.75, 3.05) is 5.32 Å². The minimum absolute atomic E-state index is 0.0671. The van der Waals surface area contributed by atoms with Gasteiger partial charge in [-0.1, -0.05) is 30.3 Å². The van der Waals surface area contributed by atoms with Crippen molar-refractivity contribution >= 4 is 11.4 Å². The van der Waals surface area contributed by atoms with Gasteiger partial charge in [-0.25, -0.2) is 9.97 Å². The van der Waals surface area contributed by atoms with Crippen LogP contribution in [0.15, 0.2) is 61.2 Å². The molecule has 2 aromatic carbocycles. The largest absolute Gasteiger partial charge is 0.373 e. The number of hydrogen-bond donors (Lipinski definition) is 1. The normalized spacial score (nSPS) is 11.8. The van der Waals surface area contributed by atoms with Gasteiger partial charge in [0.15, 0.2) is 0 Å². The number of aromatic nitrogens is 2. The molecule has 0 saturated carbocycles. The van der Waals surface area contributed by atoms with E-state index in [1.165, 1.54) is 6.33 Å². The van der Waals surface area contributed by atoms with Crippen molar-refractivity contribution in [1.82, 2.24) is 9.97 Å². The Bertz CT molecular complexity index is 880. The van der Waals surface area contributed by atoms with E-state index in [1.54, 1.807) is 24.5 Å². The van der Waals surface area contributed by atoms with Gasteiger partial charge >= 0.3 is 0 Å². The molecule has 6 heteroatoms. The Hall–Kier alpha value is -3.28. The van der Waals surface area contributed by atoms with Crippen molar-refractivity contribution in [3.63, 3.8) is 0 Å². The highest BCUT2D eigenvalue weighted by atomic mass is 16.6. The Labute approximate surface area is 145 Å². The summed E-state index contributed by atoms with van der Waals surface area (Å²) >= 11 is 0. The third-order valence-electron chi connectivity index (χ3n) is 4.03. The maximum absolute atomic E-state index is 11.2. The smallest absolute Gasteiger partial charge is 0.292 e. The van der Waals surface area contributed by atoms with Crippen LogP contribution in [0.3, 0.4) is 0 Å². The lowest BCUT2D eigenvalue weighted by Gasteiger charge is -2.16. The summed E-state index contributed by atoms with van der Waals surface area (Å²) in [4.78, 5) is 18.9. The van der Waals surface area contributed by atoms with Crippen LogP contribution >= 0.6 is 0 Å². The summed E-state index contributed by atoms with van der Waals surface area (Å²) in [6.45, 7) is 3.82. The van der Waals surface area contributed by atoms with Crippen molar-refractivity contribution in [2.45, 2.75) is 19.9 Å². The molecule has 1 heterocycles. The van der Waals surface area contributed by atoms with Gasteiger partial charge in [-0.05, 0) is 36.6 Å². The molecule has 6 nitrogen and oxygen atoms in total. The third-order valence-corrected chi connectivity index (χ3v) is 4.03. The Morgan fingerprint density at radius 3 is 2.36 bits per heavy atom. The summed E-state index contributed by atoms with van der Waals surface area (Å²) in [5.41, 5.74) is 4.48. The first-order valence-corrected chi connectivity index (χ1v) is 7.91. The lowest BCUT2D eigenvalue weighted by Crippen LogP contribution is -2.08. The minimum Gasteiger partial charge on any atom is -0.373 e. The second-order valence-electron chi connectivity index (χ2n) is 5.89. The van der Waals surface area contributed by atoms with Gasteiger partial charge in [-0.3, -0.25) is 10.1 Å². The molecule has 0 saturated heterocycles. The summed E-state index contributed by atoms with van der Waals surface area (Å²) in [5, 5.41) is 14.5. The van der Waals surface area contributed by atoms with Crippen LogP contribution in [0.1, 0.15) is 24.1 Å². The van der Waals surface area contributed by atoms with E-state index < -0.39 is 0 Å². The Kier molecular flexibility index (Phi) is 4.70. The molecule has 3 aromatic rings. The molecule has 1 N–H and O–H groups in total. The highest BCUT2D eigenvalue weighted by Crippen LogP contribution is 2.29. The number of rotatable bonds is 5. The van der Waals surface area contributed by atoms with Crippen LogP contribution in [0.25, 0.3) is 11.1 Å². The first kappa shape index (κ1) is 16.6. The van der Waals surface area contributed by atoms with Gasteiger partial charge in [0.1, 0.15) is 12.0 Å². The number of nitro groups is 1. The van der Waals surface area contributed by atoms with E-state index in [0.717, 1.165) is 22.3 Å². The number of hydrogen-bond acceptors (Lipinski definition) is 5. The molecule has 0 aliphatic rings. The zero-order valence-corrected chi connectivity index (χ0v) is 14.0. The second-order valence-corrected chi connectivity index (χ2v) is 5.89. The first-order chi connectivity index (χ1) is 12.0. The van der Waals surface area contributed by atoms with Crippen LogP contribution in [0.2, 0.25) is 0 Å². The van der Waals surface area contributed by atoms with E-state index in [2.05, 4.69) is 15.3 Å². The highest BCUT2D eigenvalue weighted by Gasteiger charge is 2.16. The molecule has 0 spiro atoms. The van der Waals surface area contributed by atoms with Crippen molar-refractivity contribution in [3.8, 4) is 11.1 Å². The molecule has 1 aromatic heterocycles. The molecule has 0 aliphatic carbocycles. The highest BCUT2D eigenvalue weighted by molar-refractivity contribution is 5.64. The van der Waals surface area contributed by atoms with E-state index in [9.17, 15) is 10.1 Å². The molecule has 0 bridgehead atoms. The van der Waals surface area contributed by atoms with E-state index in [0.29, 0.717) is 5.69 Å². The number of nitro benzene ring substituents is 1. The fraction of sp³-hybridized carbons (Fsp3) is 0.158. The predicted octanol–water partition coefficient (Wildman–Crippen LogP) is 4.53. The molecule has 25 heavy (non-hydrogen) atoms. The molecule has 126 valence electrons. The number of nitrogens with zero attached hydrogens (tertiary/aromatic N) is 3. The Balaban J connectivity index is 1.80. The minimum atomic E-state index is -0.361. The van der Waals surface area contributed by atoms with Gasteiger partial charge in [-0.15, -0.1) is 0 Å². The lowest BCUT2D eigenvalue weighted by molar-refractivity contribution is -0.384. The van der Waals surface area contributed by atoms with E-state index in [-0.39, 0.29) is 16.7 Å². The van der Waals surface area contributed by atoms with Gasteiger partial charge in [-0.2, -0.15) is 0 Å². The fourth-order valence-electron chi connectivity index (χ4n) is 2.64. The number of anilines is 1. The van der Waals surface area contributed by atoms with Gasteiger partial charge in [0.05, 0.1) is 4.92 Å². The van der Waals surface area contributed by atoms with Crippen molar-refractivity contribution in [1.29, 1.82) is 0 Å². The topological polar surface area (TPSA) is 81.0 Å². The molecular formula is C19H18N4O2. The molecule has 0 radical (unpaired) electrons. The van der Waals surface area contributed by atoms with Crippen LogP contribution in [-0.4, -0.2) is 14.9 Å². The Morgan fingerprint density at radius 2 is 1.72 bits per heavy atom. The van der Waals surface area contributed by atoms with Crippen LogP contribution in [-0.2, 0) is 0 Å². The van der Waals surface area contributed by atoms with Crippen LogP contribution in [0.5, 0.6) is 0 Å². The molecule has 1 atom stereocenters. The van der Waals surface area contributed by atoms with E-state index >= 15 is 0 Å². The number of aryl methyl sites for hydroxylation is 1. The molecule has 0 aliphatic heterocycles. The van der Waals surface area contributed by atoms with E-state index in [1.807, 2.05) is 44.2 Å². The number of nitrogens with one attached hydrogen (secondary N) is 1. The zero-order chi connectivity index (χ0) is 17.8. The third kappa shape index (κ3) is 3.80. The molecule has 0 fully saturated rings. The Morgan fingerprint density at radius 1 is 1.04 bits per heavy atom. The van der Waals surface area contributed by atoms with Crippen LogP contribution in [0, 0.1) is 17.0 Å². The van der Waals surface area contributed by atoms with Crippen LogP contribution < -0.4 is 5.32 Å². The maximum Gasteiger partial charge on any atom is 0.292 e. The molecule has 3 rings (SSSR count). The van der Waals surface area contributed by atoms with E-state index in [4.69, 9.17) is 0 Å². The fourth-order valence-corrected chi connectivity index (χ4v) is 2.64.